The quantitative estimate of drug-likeness (QED) is 0.0316. The van der Waals surface area contributed by atoms with Crippen LogP contribution in [-0.4, -0.2) is 42.5 Å². The van der Waals surface area contributed by atoms with Gasteiger partial charge in [0.05, 0.1) is 26.4 Å². The van der Waals surface area contributed by atoms with E-state index in [0.29, 0.717) is 19.3 Å². The molecule has 18 heteroatoms. The van der Waals surface area contributed by atoms with E-state index in [1.54, 1.807) is 0 Å². The number of phosphoric acid groups is 2. The van der Waals surface area contributed by atoms with E-state index in [-0.39, 0.29) is 45.7 Å². The Bertz CT molecular complexity index is 1810. The molecule has 0 amide bonds. The zero-order chi connectivity index (χ0) is 77.6. The molecule has 0 aliphatic heterocycles. The van der Waals surface area contributed by atoms with Crippen LogP contribution in [0.3, 0.4) is 0 Å². The maximum absolute atomic E-state index is 13.9. The molecule has 0 radical (unpaired) electrons. The molecule has 0 aliphatic rings. The molecule has 0 saturated carbocycles. The summed E-state index contributed by atoms with van der Waals surface area (Å²) in [4.78, 5) is 62.1. The van der Waals surface area contributed by atoms with Gasteiger partial charge in [-0.3, -0.25) is 9.13 Å². The third-order valence-electron chi connectivity index (χ3n) is 19.7. The molecular formula is C86H172O14P2Ti2. The molecule has 1 unspecified atom stereocenters. The van der Waals surface area contributed by atoms with Crippen LogP contribution in [0.5, 0.6) is 0 Å². The minimum Gasteiger partial charge on any atom is -0.756 e. The van der Waals surface area contributed by atoms with Crippen molar-refractivity contribution in [3.63, 3.8) is 0 Å². The fourth-order valence-electron chi connectivity index (χ4n) is 12.8. The smallest absolute Gasteiger partial charge is 0.267 e. The first-order valence-corrected chi connectivity index (χ1v) is 51.2. The van der Waals surface area contributed by atoms with E-state index in [4.69, 9.17) is 24.7 Å². The Morgan fingerprint density at radius 1 is 0.288 bits per heavy atom. The second-order valence-electron chi connectivity index (χ2n) is 32.0. The van der Waals surface area contributed by atoms with Crippen molar-refractivity contribution >= 4 is 31.7 Å². The summed E-state index contributed by atoms with van der Waals surface area (Å²) in [5.41, 5.74) is 0. The molecule has 14 nitrogen and oxygen atoms in total. The van der Waals surface area contributed by atoms with E-state index in [9.17, 15) is 36.6 Å². The van der Waals surface area contributed by atoms with Gasteiger partial charge in [-0.25, -0.2) is 0 Å². The number of rotatable bonds is 80. The SMILES string of the molecule is CC(C)CCCCCCCCCCCCCCC(=O)[O][Ti](=[O])([O]C(=O)CCCCCCCCCCCCCCC(C)C)[C](=O)CCCCCCCC[CH]([Ti+2])CCCCCC(C)C.CCCCCCCCOP(=O)([O-])OCCCCCCCC.CCCCCCCCOP(=O)([O-])OCCCCCCCC. The van der Waals surface area contributed by atoms with Gasteiger partial charge in [-0.05, 0) is 37.5 Å². The summed E-state index contributed by atoms with van der Waals surface area (Å²) in [7, 11) is -8.13. The predicted octanol–water partition coefficient (Wildman–Crippen LogP) is 28.6. The molecule has 1 atom stereocenters. The van der Waals surface area contributed by atoms with Gasteiger partial charge in [0.1, 0.15) is 0 Å². The Morgan fingerprint density at radius 3 is 0.702 bits per heavy atom. The predicted molar refractivity (Wildman–Crippen MR) is 428 cm³/mol. The molecule has 618 valence electrons. The van der Waals surface area contributed by atoms with Crippen molar-refractivity contribution in [2.45, 2.75) is 491 Å². The van der Waals surface area contributed by atoms with E-state index in [0.717, 1.165) is 157 Å². The molecule has 0 aliphatic carbocycles. The van der Waals surface area contributed by atoms with Gasteiger partial charge in [0.15, 0.2) is 0 Å². The van der Waals surface area contributed by atoms with Crippen molar-refractivity contribution in [3.8, 4) is 0 Å². The van der Waals surface area contributed by atoms with E-state index >= 15 is 0 Å². The number of hydrogen-bond donors (Lipinski definition) is 0. The second kappa shape index (κ2) is 82.5. The normalized spacial score (nSPS) is 12.3. The van der Waals surface area contributed by atoms with Gasteiger partial charge in [-0.2, -0.15) is 0 Å². The van der Waals surface area contributed by atoms with Gasteiger partial charge >= 0.3 is 314 Å². The van der Waals surface area contributed by atoms with Crippen molar-refractivity contribution in [1.29, 1.82) is 0 Å². The number of phosphoric ester groups is 2. The molecule has 0 saturated heterocycles. The first-order valence-electron chi connectivity index (χ1n) is 44.7. The molecule has 0 aromatic carbocycles. The summed E-state index contributed by atoms with van der Waals surface area (Å²) < 4.78 is 67.2. The monoisotopic (exact) mass is 1590 g/mol. The third kappa shape index (κ3) is 87.6. The zero-order valence-electron chi connectivity index (χ0n) is 70.2. The first kappa shape index (κ1) is 108. The zero-order valence-corrected chi connectivity index (χ0v) is 75.1. The van der Waals surface area contributed by atoms with E-state index in [1.807, 2.05) is 0 Å². The molecule has 0 fully saturated rings. The van der Waals surface area contributed by atoms with E-state index in [2.05, 4.69) is 89.7 Å². The molecule has 0 bridgehead atoms. The Kier molecular flexibility index (Phi) is 85.9. The topological polar surface area (TPSA) is 204 Å². The average Bonchev–Trinajstić information content (AvgIpc) is 0.845. The summed E-state index contributed by atoms with van der Waals surface area (Å²) in [6.45, 7) is 23.5. The molecule has 0 rings (SSSR count). The van der Waals surface area contributed by atoms with Gasteiger partial charge < -0.3 is 27.9 Å². The number of carbonyl (C=O) groups excluding carboxylic acids is 3. The Hall–Kier alpha value is 0.0586. The molecular weight excluding hydrogens is 1410 g/mol. The van der Waals surface area contributed by atoms with Crippen molar-refractivity contribution in [3.05, 3.63) is 0 Å². The van der Waals surface area contributed by atoms with Gasteiger partial charge in [-0.15, -0.1) is 0 Å². The first-order chi connectivity index (χ1) is 50.1. The fraction of sp³-hybridized carbons (Fsp3) is 0.965. The van der Waals surface area contributed by atoms with Crippen molar-refractivity contribution in [2.24, 2.45) is 17.8 Å². The average molecular weight is 1590 g/mol. The van der Waals surface area contributed by atoms with Crippen LogP contribution < -0.4 is 9.79 Å². The Balaban J connectivity index is -0.00000195. The summed E-state index contributed by atoms with van der Waals surface area (Å²) >= 11 is -3.16. The van der Waals surface area contributed by atoms with Crippen LogP contribution in [0.1, 0.15) is 487 Å². The number of hydrogen-bond acceptors (Lipinski definition) is 14. The number of unbranched alkanes of at least 4 members (excludes halogenated alkanes) is 49. The molecule has 0 aromatic heterocycles. The minimum atomic E-state index is -5.54. The van der Waals surface area contributed by atoms with Gasteiger partial charge in [0.25, 0.3) is 15.6 Å². The van der Waals surface area contributed by atoms with Crippen molar-refractivity contribution < 1.29 is 99.1 Å². The van der Waals surface area contributed by atoms with Crippen LogP contribution in [0.4, 0.5) is 0 Å². The second-order valence-corrected chi connectivity index (χ2v) is 39.3. The molecule has 0 N–H and O–H groups in total. The summed E-state index contributed by atoms with van der Waals surface area (Å²) in [5.74, 6) is 1.12. The Morgan fingerprint density at radius 2 is 0.471 bits per heavy atom. The maximum Gasteiger partial charge on any atom is 0.267 e. The maximum atomic E-state index is 13.9. The fourth-order valence-corrected chi connectivity index (χ4v) is 17.5. The van der Waals surface area contributed by atoms with Crippen molar-refractivity contribution in [1.82, 2.24) is 0 Å². The summed E-state index contributed by atoms with van der Waals surface area (Å²) in [6, 6.07) is 0. The van der Waals surface area contributed by atoms with Gasteiger partial charge in [0, 0.05) is 0 Å². The van der Waals surface area contributed by atoms with Crippen LogP contribution in [0.2, 0.25) is 4.22 Å². The van der Waals surface area contributed by atoms with Crippen LogP contribution in [0.25, 0.3) is 0 Å². The molecule has 104 heavy (non-hydrogen) atoms. The van der Waals surface area contributed by atoms with Crippen LogP contribution in [0.15, 0.2) is 0 Å². The van der Waals surface area contributed by atoms with Crippen LogP contribution in [-0.2, 0) is 89.3 Å². The largest absolute Gasteiger partial charge is 0.756 e. The van der Waals surface area contributed by atoms with Crippen LogP contribution >= 0.6 is 15.6 Å². The summed E-state index contributed by atoms with van der Waals surface area (Å²) in [5, 5.41) is 0. The Labute approximate surface area is 661 Å². The minimum absolute atomic E-state index is 0.0359. The molecule has 0 spiro atoms. The van der Waals surface area contributed by atoms with Gasteiger partial charge in [-0.1, -0.05) is 235 Å². The standard InChI is InChI=1S/2C18H36O2.C18H34O.2C16H35O4P.O.2Ti/c2*1-17(2)15-13-11-9-7-5-3-4-6-8-10-12-14-16-18(19)20;1-18(2)16-14-12-10-8-6-4-3-5-7-9-11-13-15-17-19;2*1-3-5-7-9-11-13-15-19-21(17,18)20-16-14-12-10-8-6-4-2;;;/h2*17H,3-16H2,1-2H3,(H,19,20);6,18H,3-5,7-16H2,1-2H3;2*3-16H2,1-2H3,(H,17,18);;;/q;;;;;;2*+2/p-4. The third-order valence-corrected chi connectivity index (χ3v) is 25.6. The molecule has 0 heterocycles. The number of carbonyl (C=O) groups is 3. The van der Waals surface area contributed by atoms with Gasteiger partial charge in [0.2, 0.25) is 0 Å². The van der Waals surface area contributed by atoms with Crippen molar-refractivity contribution in [2.75, 3.05) is 26.4 Å². The van der Waals surface area contributed by atoms with E-state index < -0.39 is 49.0 Å². The summed E-state index contributed by atoms with van der Waals surface area (Å²) in [6.07, 6.45) is 72.2. The molecule has 0 aromatic rings. The van der Waals surface area contributed by atoms with Crippen LogP contribution in [0, 0.1) is 17.8 Å². The van der Waals surface area contributed by atoms with E-state index in [1.165, 1.54) is 244 Å².